The first-order chi connectivity index (χ1) is 38.1. The number of ether oxygens (including phenoxy) is 6. The second-order valence-electron chi connectivity index (χ2n) is 17.3. The lowest BCUT2D eigenvalue weighted by Gasteiger charge is -2.27. The van der Waals surface area contributed by atoms with Crippen molar-refractivity contribution in [2.75, 3.05) is 40.5 Å². The number of hydrogen-bond donors (Lipinski definition) is 4. The first-order valence-electron chi connectivity index (χ1n) is 24.9. The average Bonchev–Trinajstić information content (AvgIpc) is 4.05. The quantitative estimate of drug-likeness (QED) is 0.0522. The smallest absolute Gasteiger partial charge is 0.416 e. The lowest BCUT2D eigenvalue weighted by atomic mass is 10.1. The molecular weight excluding hydrogens is 1020 g/mol. The summed E-state index contributed by atoms with van der Waals surface area (Å²) in [6.07, 6.45) is -0.793. The number of hydrogen-bond acceptors (Lipinski definition) is 15. The van der Waals surface area contributed by atoms with E-state index in [2.05, 4.69) is 15.3 Å². The fourth-order valence-corrected chi connectivity index (χ4v) is 7.37. The number of aliphatic carboxylic acids is 2. The summed E-state index contributed by atoms with van der Waals surface area (Å²) in [5.74, 6) is 3.78. The minimum absolute atomic E-state index is 0.283. The Hall–Kier alpha value is -9.62. The van der Waals surface area contributed by atoms with Crippen molar-refractivity contribution in [1.82, 2.24) is 20.2 Å². The maximum Gasteiger partial charge on any atom is 0.416 e. The third-order valence-corrected chi connectivity index (χ3v) is 11.7. The van der Waals surface area contributed by atoms with Crippen molar-refractivity contribution in [3.05, 3.63) is 192 Å². The summed E-state index contributed by atoms with van der Waals surface area (Å²) in [5, 5.41) is 29.3. The van der Waals surface area contributed by atoms with Crippen molar-refractivity contribution in [1.29, 1.82) is 0 Å². The van der Waals surface area contributed by atoms with Crippen LogP contribution in [0.5, 0.6) is 34.5 Å². The number of nitrogens with zero attached hydrogens (tertiary/aromatic N) is 3. The molecule has 0 unspecified atom stereocenters. The average molecular weight is 1080 g/mol. The highest BCUT2D eigenvalue weighted by Crippen LogP contribution is 2.27. The van der Waals surface area contributed by atoms with Gasteiger partial charge in [0, 0.05) is 24.0 Å². The van der Waals surface area contributed by atoms with Crippen molar-refractivity contribution < 1.29 is 71.8 Å². The number of rotatable bonds is 21. The SMILES string of the molecule is COc1ccc(OC(=O)N(CC(=O)O)[C@@H](C)c2ccc(OCCc3nc(-c4ccccc4)oc3C)cc2)cc1.COc1ccc(OC(=O)NCC(=O)O)cc1.Cc1oc(-c2ccccc2)nc1CCOc1ccc([C@H](C)O)cc1. The van der Waals surface area contributed by atoms with Crippen LogP contribution in [0.2, 0.25) is 0 Å². The molecule has 8 rings (SSSR count). The molecular formula is C60H62N4O15. The van der Waals surface area contributed by atoms with Crippen LogP contribution in [-0.4, -0.2) is 94.8 Å². The van der Waals surface area contributed by atoms with Crippen molar-refractivity contribution in [3.63, 3.8) is 0 Å². The van der Waals surface area contributed by atoms with Crippen molar-refractivity contribution >= 4 is 24.1 Å². The van der Waals surface area contributed by atoms with Crippen molar-refractivity contribution in [2.24, 2.45) is 0 Å². The summed E-state index contributed by atoms with van der Waals surface area (Å²) in [5.41, 5.74) is 5.24. The molecule has 2 atom stereocenters. The Morgan fingerprint density at radius 3 is 1.35 bits per heavy atom. The van der Waals surface area contributed by atoms with Gasteiger partial charge in [0.05, 0.1) is 51.0 Å². The van der Waals surface area contributed by atoms with Crippen LogP contribution in [0, 0.1) is 13.8 Å². The molecule has 2 heterocycles. The minimum Gasteiger partial charge on any atom is -0.497 e. The predicted molar refractivity (Wildman–Crippen MR) is 292 cm³/mol. The number of nitrogens with one attached hydrogen (secondary N) is 1. The van der Waals surface area contributed by atoms with E-state index in [-0.39, 0.29) is 5.75 Å². The van der Waals surface area contributed by atoms with E-state index in [9.17, 15) is 29.4 Å². The van der Waals surface area contributed by atoms with Gasteiger partial charge in [-0.25, -0.2) is 19.6 Å². The first kappa shape index (κ1) is 58.6. The van der Waals surface area contributed by atoms with Gasteiger partial charge in [-0.3, -0.25) is 14.5 Å². The molecule has 6 aromatic carbocycles. The predicted octanol–water partition coefficient (Wildman–Crippen LogP) is 11.1. The topological polar surface area (TPSA) is 252 Å². The lowest BCUT2D eigenvalue weighted by molar-refractivity contribution is -0.138. The Morgan fingerprint density at radius 1 is 0.544 bits per heavy atom. The number of carboxylic acids is 2. The van der Waals surface area contributed by atoms with E-state index in [4.69, 9.17) is 42.4 Å². The Bertz CT molecular complexity index is 3160. The molecule has 0 radical (unpaired) electrons. The van der Waals surface area contributed by atoms with Crippen LogP contribution in [0.25, 0.3) is 22.9 Å². The van der Waals surface area contributed by atoms with E-state index >= 15 is 0 Å². The number of aromatic nitrogens is 2. The monoisotopic (exact) mass is 1080 g/mol. The molecule has 0 spiro atoms. The van der Waals surface area contributed by atoms with Crippen LogP contribution in [0.15, 0.2) is 167 Å². The summed E-state index contributed by atoms with van der Waals surface area (Å²) < 4.78 is 43.4. The fraction of sp³-hybridized carbons (Fsp3) is 0.233. The number of carbonyl (C=O) groups is 4. The Balaban J connectivity index is 0.000000213. The van der Waals surface area contributed by atoms with Gasteiger partial charge in [0.25, 0.3) is 0 Å². The van der Waals surface area contributed by atoms with E-state index in [1.165, 1.54) is 14.2 Å². The number of carbonyl (C=O) groups excluding carboxylic acids is 2. The fourth-order valence-electron chi connectivity index (χ4n) is 7.37. The standard InChI is InChI=1S/C30H30N2O7.C20H21NO3.C10H11NO5/c1-20(32(19-28(33)34)30(35)39-26-15-13-24(36-3)14-16-26)22-9-11-25(12-10-22)37-18-17-27-21(2)38-29(31-27)23-7-5-4-6-8-23;1-14(22)16-8-10-18(11-9-16)23-13-12-19-15(2)24-20(21-19)17-6-4-3-5-7-17;1-15-7-2-4-8(5-3-7)16-10(14)11-6-9(12)13/h4-16,20H,17-19H2,1-3H3,(H,33,34);3-11,14,22H,12-13H2,1-2H3;2-5H,6H2,1H3,(H,11,14)(H,12,13)/t20-;14-;/m00./s1. The number of benzene rings is 6. The minimum atomic E-state index is -1.15. The second-order valence-corrected chi connectivity index (χ2v) is 17.3. The van der Waals surface area contributed by atoms with E-state index in [0.29, 0.717) is 60.8 Å². The zero-order valence-electron chi connectivity index (χ0n) is 44.5. The Kier molecular flexibility index (Phi) is 22.0. The summed E-state index contributed by atoms with van der Waals surface area (Å²) in [4.78, 5) is 55.8. The third-order valence-electron chi connectivity index (χ3n) is 11.7. The van der Waals surface area contributed by atoms with Gasteiger partial charge < -0.3 is 57.9 Å². The number of oxazole rings is 2. The summed E-state index contributed by atoms with van der Waals surface area (Å²) in [7, 11) is 3.06. The Morgan fingerprint density at radius 2 is 0.949 bits per heavy atom. The maximum atomic E-state index is 12.9. The van der Waals surface area contributed by atoms with Crippen molar-refractivity contribution in [3.8, 4) is 57.4 Å². The first-order valence-corrected chi connectivity index (χ1v) is 24.9. The number of methoxy groups -OCH3 is 2. The summed E-state index contributed by atoms with van der Waals surface area (Å²) in [6.45, 7) is 7.22. The highest BCUT2D eigenvalue weighted by Gasteiger charge is 2.26. The van der Waals surface area contributed by atoms with Crippen LogP contribution in [0.1, 0.15) is 60.0 Å². The molecule has 412 valence electrons. The molecule has 79 heavy (non-hydrogen) atoms. The van der Waals surface area contributed by atoms with Crippen LogP contribution >= 0.6 is 0 Å². The molecule has 19 heteroatoms. The molecule has 0 aliphatic heterocycles. The molecule has 0 bridgehead atoms. The highest BCUT2D eigenvalue weighted by atomic mass is 16.6. The molecule has 19 nitrogen and oxygen atoms in total. The lowest BCUT2D eigenvalue weighted by Crippen LogP contribution is -2.39. The van der Waals surface area contributed by atoms with E-state index in [1.54, 1.807) is 86.6 Å². The van der Waals surface area contributed by atoms with Gasteiger partial charge in [0.2, 0.25) is 11.8 Å². The molecule has 2 aromatic heterocycles. The van der Waals surface area contributed by atoms with E-state index in [1.807, 2.05) is 98.8 Å². The summed E-state index contributed by atoms with van der Waals surface area (Å²) >= 11 is 0. The molecule has 0 saturated heterocycles. The molecule has 0 aliphatic carbocycles. The van der Waals surface area contributed by atoms with Gasteiger partial charge in [0.15, 0.2) is 0 Å². The zero-order valence-corrected chi connectivity index (χ0v) is 44.5. The van der Waals surface area contributed by atoms with Gasteiger partial charge >= 0.3 is 24.1 Å². The van der Waals surface area contributed by atoms with Crippen LogP contribution in [-0.2, 0) is 22.4 Å². The van der Waals surface area contributed by atoms with Crippen molar-refractivity contribution in [2.45, 2.75) is 52.7 Å². The van der Waals surface area contributed by atoms with E-state index < -0.39 is 49.4 Å². The molecule has 2 amide bonds. The third kappa shape index (κ3) is 18.6. The molecule has 4 N–H and O–H groups in total. The van der Waals surface area contributed by atoms with Crippen LogP contribution in [0.4, 0.5) is 9.59 Å². The molecule has 0 fully saturated rings. The van der Waals surface area contributed by atoms with Crippen LogP contribution in [0.3, 0.4) is 0 Å². The Labute approximate surface area is 456 Å². The molecule has 8 aromatic rings. The molecule has 0 saturated carbocycles. The van der Waals surface area contributed by atoms with Gasteiger partial charge in [0.1, 0.15) is 59.1 Å². The van der Waals surface area contributed by atoms with Crippen LogP contribution < -0.4 is 33.7 Å². The maximum absolute atomic E-state index is 12.9. The number of aliphatic hydroxyl groups is 1. The second kappa shape index (κ2) is 29.6. The number of aryl methyl sites for hydroxylation is 2. The number of carboxylic acid groups (broad SMARTS) is 2. The zero-order chi connectivity index (χ0) is 56.7. The van der Waals surface area contributed by atoms with Gasteiger partial charge in [-0.2, -0.15) is 0 Å². The van der Waals surface area contributed by atoms with Gasteiger partial charge in [-0.05, 0) is 136 Å². The van der Waals surface area contributed by atoms with Gasteiger partial charge in [-0.1, -0.05) is 60.7 Å². The summed E-state index contributed by atoms with van der Waals surface area (Å²) in [6, 6.07) is 46.4. The van der Waals surface area contributed by atoms with Gasteiger partial charge in [-0.15, -0.1) is 0 Å². The largest absolute Gasteiger partial charge is 0.497 e. The normalized spacial score (nSPS) is 11.2. The number of amides is 2. The number of aliphatic hydroxyl groups excluding tert-OH is 1. The molecule has 0 aliphatic rings. The highest BCUT2D eigenvalue weighted by molar-refractivity contribution is 5.79. The van der Waals surface area contributed by atoms with E-state index in [0.717, 1.165) is 55.8 Å².